The molecule has 0 atom stereocenters. The summed E-state index contributed by atoms with van der Waals surface area (Å²) in [5.41, 5.74) is 0.268. The van der Waals surface area contributed by atoms with Gasteiger partial charge in [0.2, 0.25) is 5.88 Å². The van der Waals surface area contributed by atoms with Crippen LogP contribution >= 0.6 is 0 Å². The summed E-state index contributed by atoms with van der Waals surface area (Å²) in [5.74, 6) is 2.82. The van der Waals surface area contributed by atoms with E-state index < -0.39 is 0 Å². The molecule has 0 amide bonds. The lowest BCUT2D eigenvalue weighted by Crippen LogP contribution is -1.98. The fourth-order valence-corrected chi connectivity index (χ4v) is 0.663. The lowest BCUT2D eigenvalue weighted by molar-refractivity contribution is 0.313. The number of nitriles is 1. The third kappa shape index (κ3) is 2.80. The second kappa shape index (κ2) is 4.74. The van der Waals surface area contributed by atoms with Crippen LogP contribution in [-0.4, -0.2) is 16.6 Å². The van der Waals surface area contributed by atoms with Crippen molar-refractivity contribution in [3.8, 4) is 24.3 Å². The number of nitrogens with zero attached hydrogens (tertiary/aromatic N) is 3. The zero-order chi connectivity index (χ0) is 9.52. The van der Waals surface area contributed by atoms with Crippen molar-refractivity contribution in [3.05, 3.63) is 18.1 Å². The Labute approximate surface area is 76.2 Å². The smallest absolute Gasteiger partial charge is 0.232 e. The highest BCUT2D eigenvalue weighted by Gasteiger charge is 1.95. The Morgan fingerprint density at radius 1 is 1.46 bits per heavy atom. The largest absolute Gasteiger partial charge is 0.476 e. The minimum atomic E-state index is 0.268. The highest BCUT2D eigenvalue weighted by atomic mass is 16.5. The maximum atomic E-state index is 8.42. The first-order chi connectivity index (χ1) is 6.36. The van der Waals surface area contributed by atoms with Gasteiger partial charge in [-0.1, -0.05) is 0 Å². The Morgan fingerprint density at radius 3 is 2.85 bits per heavy atom. The normalized spacial score (nSPS) is 8.46. The van der Waals surface area contributed by atoms with E-state index in [9.17, 15) is 0 Å². The first kappa shape index (κ1) is 9.02. The summed E-state index contributed by atoms with van der Waals surface area (Å²) in [5, 5.41) is 8.42. The standard InChI is InChI=1S/C9H7N3O/c1-2-3-4-13-9-7-11-8(5-10)6-12-9/h1,6-7H,3-4H2. The summed E-state index contributed by atoms with van der Waals surface area (Å²) in [6.45, 7) is 0.414. The number of terminal acetylenes is 1. The first-order valence-electron chi connectivity index (χ1n) is 3.65. The van der Waals surface area contributed by atoms with Crippen molar-refractivity contribution in [3.63, 3.8) is 0 Å². The van der Waals surface area contributed by atoms with Crippen LogP contribution in [0.5, 0.6) is 5.88 Å². The van der Waals surface area contributed by atoms with Crippen LogP contribution in [0.15, 0.2) is 12.4 Å². The molecule has 0 bridgehead atoms. The number of hydrogen-bond acceptors (Lipinski definition) is 4. The predicted molar refractivity (Wildman–Crippen MR) is 45.7 cm³/mol. The molecule has 0 saturated heterocycles. The Morgan fingerprint density at radius 2 is 2.31 bits per heavy atom. The SMILES string of the molecule is C#CCCOc1cnc(C#N)cn1. The molecule has 0 radical (unpaired) electrons. The molecule has 1 aromatic heterocycles. The van der Waals surface area contributed by atoms with E-state index in [0.717, 1.165) is 0 Å². The maximum Gasteiger partial charge on any atom is 0.232 e. The Hall–Kier alpha value is -2.07. The molecule has 0 aliphatic rings. The van der Waals surface area contributed by atoms with Gasteiger partial charge in [-0.3, -0.25) is 0 Å². The van der Waals surface area contributed by atoms with Gasteiger partial charge in [-0.15, -0.1) is 12.3 Å². The molecule has 64 valence electrons. The van der Waals surface area contributed by atoms with Crippen molar-refractivity contribution in [1.29, 1.82) is 5.26 Å². The molecule has 0 saturated carbocycles. The highest BCUT2D eigenvalue weighted by molar-refractivity contribution is 5.18. The molecular weight excluding hydrogens is 166 g/mol. The van der Waals surface area contributed by atoms with Crippen LogP contribution in [0.4, 0.5) is 0 Å². The van der Waals surface area contributed by atoms with E-state index in [1.165, 1.54) is 12.4 Å². The van der Waals surface area contributed by atoms with Gasteiger partial charge in [0.1, 0.15) is 12.7 Å². The second-order valence-corrected chi connectivity index (χ2v) is 2.15. The summed E-state index contributed by atoms with van der Waals surface area (Å²) < 4.78 is 5.12. The van der Waals surface area contributed by atoms with Gasteiger partial charge in [-0.2, -0.15) is 5.26 Å². The van der Waals surface area contributed by atoms with E-state index in [2.05, 4.69) is 15.9 Å². The monoisotopic (exact) mass is 173 g/mol. The van der Waals surface area contributed by atoms with Crippen molar-refractivity contribution < 1.29 is 4.74 Å². The minimum absolute atomic E-state index is 0.268. The lowest BCUT2D eigenvalue weighted by atomic mass is 10.5. The van der Waals surface area contributed by atoms with Crippen LogP contribution in [0.25, 0.3) is 0 Å². The molecule has 0 aliphatic carbocycles. The molecule has 4 heteroatoms. The number of aromatic nitrogens is 2. The quantitative estimate of drug-likeness (QED) is 0.500. The van der Waals surface area contributed by atoms with E-state index in [0.29, 0.717) is 18.9 Å². The lowest BCUT2D eigenvalue weighted by Gasteiger charge is -2.00. The zero-order valence-electron chi connectivity index (χ0n) is 6.90. The summed E-state index contributed by atoms with van der Waals surface area (Å²) in [6, 6.07) is 1.86. The van der Waals surface area contributed by atoms with Gasteiger partial charge in [0.25, 0.3) is 0 Å². The number of rotatable bonds is 3. The average Bonchev–Trinajstić information content (AvgIpc) is 2.19. The van der Waals surface area contributed by atoms with Gasteiger partial charge in [-0.25, -0.2) is 9.97 Å². The van der Waals surface area contributed by atoms with Gasteiger partial charge in [0, 0.05) is 6.42 Å². The highest BCUT2D eigenvalue weighted by Crippen LogP contribution is 2.03. The molecule has 4 nitrogen and oxygen atoms in total. The summed E-state index contributed by atoms with van der Waals surface area (Å²) >= 11 is 0. The van der Waals surface area contributed by atoms with Gasteiger partial charge in [0.15, 0.2) is 5.69 Å². The molecule has 13 heavy (non-hydrogen) atoms. The topological polar surface area (TPSA) is 58.8 Å². The van der Waals surface area contributed by atoms with Crippen LogP contribution in [0, 0.1) is 23.7 Å². The summed E-state index contributed by atoms with van der Waals surface area (Å²) in [7, 11) is 0. The second-order valence-electron chi connectivity index (χ2n) is 2.15. The Kier molecular flexibility index (Phi) is 3.29. The summed E-state index contributed by atoms with van der Waals surface area (Å²) in [4.78, 5) is 7.62. The molecule has 0 N–H and O–H groups in total. The zero-order valence-corrected chi connectivity index (χ0v) is 6.90. The van der Waals surface area contributed by atoms with E-state index in [1.54, 1.807) is 0 Å². The minimum Gasteiger partial charge on any atom is -0.476 e. The molecular formula is C9H7N3O. The van der Waals surface area contributed by atoms with E-state index in [4.69, 9.17) is 16.4 Å². The van der Waals surface area contributed by atoms with E-state index in [1.807, 2.05) is 6.07 Å². The average molecular weight is 173 g/mol. The Balaban J connectivity index is 2.52. The van der Waals surface area contributed by atoms with Gasteiger partial charge >= 0.3 is 0 Å². The molecule has 0 aliphatic heterocycles. The number of ether oxygens (including phenoxy) is 1. The molecule has 0 aromatic carbocycles. The predicted octanol–water partition coefficient (Wildman–Crippen LogP) is 0.750. The molecule has 0 fully saturated rings. The van der Waals surface area contributed by atoms with Gasteiger partial charge in [-0.05, 0) is 0 Å². The molecule has 0 spiro atoms. The van der Waals surface area contributed by atoms with E-state index >= 15 is 0 Å². The molecule has 1 heterocycles. The third-order valence-electron chi connectivity index (χ3n) is 1.24. The number of hydrogen-bond donors (Lipinski definition) is 0. The first-order valence-corrected chi connectivity index (χ1v) is 3.65. The fourth-order valence-electron chi connectivity index (χ4n) is 0.663. The third-order valence-corrected chi connectivity index (χ3v) is 1.24. The van der Waals surface area contributed by atoms with Crippen LogP contribution < -0.4 is 4.74 Å². The van der Waals surface area contributed by atoms with Crippen molar-refractivity contribution in [2.45, 2.75) is 6.42 Å². The summed E-state index contributed by atoms with van der Waals surface area (Å²) in [6.07, 6.45) is 8.31. The van der Waals surface area contributed by atoms with Gasteiger partial charge < -0.3 is 4.74 Å². The Bertz CT molecular complexity index is 345. The van der Waals surface area contributed by atoms with Crippen molar-refractivity contribution in [2.75, 3.05) is 6.61 Å². The van der Waals surface area contributed by atoms with Crippen molar-refractivity contribution >= 4 is 0 Å². The van der Waals surface area contributed by atoms with Crippen molar-refractivity contribution in [1.82, 2.24) is 9.97 Å². The molecule has 1 rings (SSSR count). The van der Waals surface area contributed by atoms with E-state index in [-0.39, 0.29) is 5.69 Å². The van der Waals surface area contributed by atoms with Crippen LogP contribution in [0.1, 0.15) is 12.1 Å². The fraction of sp³-hybridized carbons (Fsp3) is 0.222. The van der Waals surface area contributed by atoms with Crippen LogP contribution in [0.3, 0.4) is 0 Å². The van der Waals surface area contributed by atoms with Crippen molar-refractivity contribution in [2.24, 2.45) is 0 Å². The molecule has 0 unspecified atom stereocenters. The van der Waals surface area contributed by atoms with Crippen LogP contribution in [0.2, 0.25) is 0 Å². The maximum absolute atomic E-state index is 8.42. The van der Waals surface area contributed by atoms with Crippen LogP contribution in [-0.2, 0) is 0 Å². The van der Waals surface area contributed by atoms with Gasteiger partial charge in [0.05, 0.1) is 12.4 Å². The molecule has 1 aromatic rings.